The van der Waals surface area contributed by atoms with Gasteiger partial charge in [0.25, 0.3) is 0 Å². The van der Waals surface area contributed by atoms with Gasteiger partial charge in [-0.25, -0.2) is 0 Å². The fraction of sp³-hybridized carbons (Fsp3) is 0.455. The molecule has 4 N–H and O–H groups in total. The maximum Gasteiger partial charge on any atom is 0.165 e. The van der Waals surface area contributed by atoms with Gasteiger partial charge in [-0.2, -0.15) is 0 Å². The molecule has 0 aliphatic carbocycles. The first-order chi connectivity index (χ1) is 7.52. The number of aryl methyl sites for hydroxylation is 1. The lowest BCUT2D eigenvalue weighted by atomic mass is 10.0. The first-order valence-corrected chi connectivity index (χ1v) is 5.34. The molecule has 0 heterocycles. The predicted molar refractivity (Wildman–Crippen MR) is 63.0 cm³/mol. The van der Waals surface area contributed by atoms with Gasteiger partial charge in [0, 0.05) is 5.56 Å². The molecule has 0 fully saturated rings. The fourth-order valence-corrected chi connectivity index (χ4v) is 1.81. The molecule has 1 atom stereocenters. The van der Waals surface area contributed by atoms with Crippen molar-refractivity contribution in [2.24, 2.45) is 5.73 Å². The van der Waals surface area contributed by atoms with E-state index in [2.05, 4.69) is 0 Å². The highest BCUT2D eigenvalue weighted by Crippen LogP contribution is 2.41. The average molecular weight is 246 g/mol. The second-order valence-corrected chi connectivity index (χ2v) is 3.94. The molecule has 1 aromatic carbocycles. The van der Waals surface area contributed by atoms with Gasteiger partial charge in [0.05, 0.1) is 18.2 Å². The Kier molecular flexibility index (Phi) is 4.41. The molecule has 1 rings (SSSR count). The first-order valence-electron chi connectivity index (χ1n) is 4.97. The van der Waals surface area contributed by atoms with Crippen molar-refractivity contribution < 1.29 is 14.9 Å². The summed E-state index contributed by atoms with van der Waals surface area (Å²) in [5, 5.41) is 20.1. The van der Waals surface area contributed by atoms with Gasteiger partial charge in [-0.3, -0.25) is 0 Å². The SMILES string of the molecule is COc1cc(C)c(Cl)c(C(O)CCN)c1O. The van der Waals surface area contributed by atoms with Crippen LogP contribution >= 0.6 is 11.6 Å². The minimum absolute atomic E-state index is 0.126. The van der Waals surface area contributed by atoms with Crippen LogP contribution in [0.5, 0.6) is 11.5 Å². The summed E-state index contributed by atoms with van der Waals surface area (Å²) < 4.78 is 5.00. The third kappa shape index (κ3) is 2.40. The quantitative estimate of drug-likeness (QED) is 0.755. The van der Waals surface area contributed by atoms with Crippen LogP contribution in [0.15, 0.2) is 6.07 Å². The van der Waals surface area contributed by atoms with E-state index in [-0.39, 0.29) is 11.3 Å². The van der Waals surface area contributed by atoms with Crippen molar-refractivity contribution in [3.8, 4) is 11.5 Å². The van der Waals surface area contributed by atoms with Gasteiger partial charge in [0.15, 0.2) is 11.5 Å². The van der Waals surface area contributed by atoms with E-state index in [9.17, 15) is 10.2 Å². The third-order valence-electron chi connectivity index (χ3n) is 2.41. The Morgan fingerprint density at radius 1 is 1.56 bits per heavy atom. The number of benzene rings is 1. The van der Waals surface area contributed by atoms with E-state index in [0.29, 0.717) is 23.7 Å². The second-order valence-electron chi connectivity index (χ2n) is 3.57. The molecule has 0 amide bonds. The summed E-state index contributed by atoms with van der Waals surface area (Å²) in [6.45, 7) is 2.09. The van der Waals surface area contributed by atoms with Crippen LogP contribution < -0.4 is 10.5 Å². The molecule has 0 aliphatic rings. The summed E-state index contributed by atoms with van der Waals surface area (Å²) in [7, 11) is 1.45. The van der Waals surface area contributed by atoms with Crippen LogP contribution in [-0.2, 0) is 0 Å². The Morgan fingerprint density at radius 2 is 2.19 bits per heavy atom. The Bertz CT molecular complexity index is 382. The van der Waals surface area contributed by atoms with Gasteiger partial charge < -0.3 is 20.7 Å². The molecule has 4 nitrogen and oxygen atoms in total. The number of nitrogens with two attached hydrogens (primary N) is 1. The van der Waals surface area contributed by atoms with Crippen LogP contribution in [0.1, 0.15) is 23.7 Å². The molecule has 0 radical (unpaired) electrons. The molecule has 90 valence electrons. The number of aliphatic hydroxyl groups excluding tert-OH is 1. The van der Waals surface area contributed by atoms with E-state index in [0.717, 1.165) is 5.56 Å². The zero-order chi connectivity index (χ0) is 12.3. The van der Waals surface area contributed by atoms with Crippen molar-refractivity contribution in [1.82, 2.24) is 0 Å². The van der Waals surface area contributed by atoms with E-state index in [1.807, 2.05) is 0 Å². The molecular weight excluding hydrogens is 230 g/mol. The number of aliphatic hydroxyl groups is 1. The summed E-state index contributed by atoms with van der Waals surface area (Å²) in [4.78, 5) is 0. The van der Waals surface area contributed by atoms with Gasteiger partial charge in [0.1, 0.15) is 0 Å². The number of phenolic OH excluding ortho intramolecular Hbond substituents is 1. The summed E-state index contributed by atoms with van der Waals surface area (Å²) in [6, 6.07) is 1.62. The zero-order valence-electron chi connectivity index (χ0n) is 9.33. The van der Waals surface area contributed by atoms with E-state index in [1.54, 1.807) is 13.0 Å². The van der Waals surface area contributed by atoms with Crippen LogP contribution in [0, 0.1) is 6.92 Å². The molecule has 0 aliphatic heterocycles. The topological polar surface area (TPSA) is 75.7 Å². The van der Waals surface area contributed by atoms with Gasteiger partial charge in [0.2, 0.25) is 0 Å². The van der Waals surface area contributed by atoms with Gasteiger partial charge in [-0.1, -0.05) is 11.6 Å². The normalized spacial score (nSPS) is 12.6. The number of methoxy groups -OCH3 is 1. The maximum atomic E-state index is 9.88. The van der Waals surface area contributed by atoms with E-state index < -0.39 is 6.10 Å². The molecular formula is C11H16ClNO3. The number of halogens is 1. The Balaban J connectivity index is 3.29. The molecule has 0 saturated heterocycles. The highest BCUT2D eigenvalue weighted by molar-refractivity contribution is 6.32. The number of ether oxygens (including phenoxy) is 1. The van der Waals surface area contributed by atoms with Gasteiger partial charge in [-0.05, 0) is 31.5 Å². The standard InChI is InChI=1S/C11H16ClNO3/c1-6-5-8(16-2)11(15)9(10(6)12)7(14)3-4-13/h5,7,14-15H,3-4,13H2,1-2H3. The van der Waals surface area contributed by atoms with Crippen molar-refractivity contribution in [2.75, 3.05) is 13.7 Å². The number of hydrogen-bond acceptors (Lipinski definition) is 4. The van der Waals surface area contributed by atoms with E-state index in [4.69, 9.17) is 22.1 Å². The van der Waals surface area contributed by atoms with E-state index >= 15 is 0 Å². The van der Waals surface area contributed by atoms with Crippen LogP contribution in [0.3, 0.4) is 0 Å². The molecule has 1 unspecified atom stereocenters. The van der Waals surface area contributed by atoms with Gasteiger partial charge >= 0.3 is 0 Å². The van der Waals surface area contributed by atoms with Crippen molar-refractivity contribution >= 4 is 11.6 Å². The summed E-state index contributed by atoms with van der Waals surface area (Å²) in [6.07, 6.45) is -0.550. The monoisotopic (exact) mass is 245 g/mol. The minimum atomic E-state index is -0.883. The van der Waals surface area contributed by atoms with Crippen molar-refractivity contribution in [2.45, 2.75) is 19.4 Å². The molecule has 0 saturated carbocycles. The number of aromatic hydroxyl groups is 1. The largest absolute Gasteiger partial charge is 0.504 e. The molecule has 16 heavy (non-hydrogen) atoms. The minimum Gasteiger partial charge on any atom is -0.504 e. The number of rotatable bonds is 4. The number of hydrogen-bond donors (Lipinski definition) is 3. The van der Waals surface area contributed by atoms with E-state index in [1.165, 1.54) is 7.11 Å². The molecule has 0 aromatic heterocycles. The Hall–Kier alpha value is -0.970. The van der Waals surface area contributed by atoms with Crippen molar-refractivity contribution in [3.63, 3.8) is 0 Å². The van der Waals surface area contributed by atoms with Crippen LogP contribution in [-0.4, -0.2) is 23.9 Å². The van der Waals surface area contributed by atoms with Crippen molar-refractivity contribution in [3.05, 3.63) is 22.2 Å². The predicted octanol–water partition coefficient (Wildman–Crippen LogP) is 1.74. The molecule has 1 aromatic rings. The van der Waals surface area contributed by atoms with Crippen molar-refractivity contribution in [1.29, 1.82) is 0 Å². The van der Waals surface area contributed by atoms with Gasteiger partial charge in [-0.15, -0.1) is 0 Å². The Labute approximate surface area is 99.6 Å². The Morgan fingerprint density at radius 3 is 2.69 bits per heavy atom. The summed E-state index contributed by atoms with van der Waals surface area (Å²) in [5.41, 5.74) is 6.38. The highest BCUT2D eigenvalue weighted by atomic mass is 35.5. The summed E-state index contributed by atoms with van der Waals surface area (Å²) >= 11 is 6.04. The van der Waals surface area contributed by atoms with Crippen LogP contribution in [0.2, 0.25) is 5.02 Å². The smallest absolute Gasteiger partial charge is 0.165 e. The zero-order valence-corrected chi connectivity index (χ0v) is 10.1. The average Bonchev–Trinajstić information content (AvgIpc) is 2.24. The van der Waals surface area contributed by atoms with Crippen LogP contribution in [0.25, 0.3) is 0 Å². The maximum absolute atomic E-state index is 9.88. The highest BCUT2D eigenvalue weighted by Gasteiger charge is 2.21. The molecule has 0 spiro atoms. The van der Waals surface area contributed by atoms with Crippen LogP contribution in [0.4, 0.5) is 0 Å². The lowest BCUT2D eigenvalue weighted by molar-refractivity contribution is 0.165. The first kappa shape index (κ1) is 13.1. The summed E-state index contributed by atoms with van der Waals surface area (Å²) in [5.74, 6) is 0.173. The molecule has 5 heteroatoms. The lowest BCUT2D eigenvalue weighted by Crippen LogP contribution is -2.08. The second kappa shape index (κ2) is 5.39. The third-order valence-corrected chi connectivity index (χ3v) is 2.91. The lowest BCUT2D eigenvalue weighted by Gasteiger charge is -2.17. The number of phenols is 1. The fourth-order valence-electron chi connectivity index (χ4n) is 1.54. The molecule has 0 bridgehead atoms.